The van der Waals surface area contributed by atoms with E-state index in [-0.39, 0.29) is 11.3 Å². The minimum Gasteiger partial charge on any atom is -0.446 e. The predicted molar refractivity (Wildman–Crippen MR) is 79.7 cm³/mol. The molecule has 0 aromatic heterocycles. The van der Waals surface area contributed by atoms with Crippen molar-refractivity contribution in [1.29, 1.82) is 0 Å². The highest BCUT2D eigenvalue weighted by atomic mass is 35.5. The molecule has 136 valence electrons. The van der Waals surface area contributed by atoms with E-state index < -0.39 is 29.9 Å². The standard InChI is InChI=1S/C15H14ClF3N2O4/c16-8-1-3-9(4-2-8)24-11(25-12(23)15(17,18)19)10(22)21-14-5-13(20,6-14)7-14/h1-4,11H,5-7,20H2,(H,21,22). The highest BCUT2D eigenvalue weighted by Gasteiger charge is 2.67. The number of ether oxygens (including phenoxy) is 2. The summed E-state index contributed by atoms with van der Waals surface area (Å²) in [5.74, 6) is -3.48. The summed E-state index contributed by atoms with van der Waals surface area (Å²) in [6.07, 6.45) is -5.77. The molecule has 0 aliphatic heterocycles. The maximum absolute atomic E-state index is 12.4. The van der Waals surface area contributed by atoms with E-state index >= 15 is 0 Å². The lowest BCUT2D eigenvalue weighted by atomic mass is 9.44. The second-order valence-corrected chi connectivity index (χ2v) is 6.91. The average Bonchev–Trinajstić information content (AvgIpc) is 2.44. The number of rotatable bonds is 5. The van der Waals surface area contributed by atoms with Gasteiger partial charge >= 0.3 is 24.3 Å². The average molecular weight is 379 g/mol. The van der Waals surface area contributed by atoms with Crippen LogP contribution in [0.15, 0.2) is 24.3 Å². The molecule has 3 saturated carbocycles. The molecule has 2 bridgehead atoms. The molecule has 0 heterocycles. The highest BCUT2D eigenvalue weighted by molar-refractivity contribution is 6.30. The summed E-state index contributed by atoms with van der Waals surface area (Å²) in [4.78, 5) is 23.4. The number of halogens is 4. The maximum Gasteiger partial charge on any atom is 0.491 e. The molecule has 0 spiro atoms. The van der Waals surface area contributed by atoms with E-state index in [0.29, 0.717) is 24.3 Å². The predicted octanol–water partition coefficient (Wildman–Crippen LogP) is 1.90. The van der Waals surface area contributed by atoms with Crippen LogP contribution in [0.5, 0.6) is 5.75 Å². The van der Waals surface area contributed by atoms with Gasteiger partial charge in [-0.15, -0.1) is 0 Å². The summed E-state index contributed by atoms with van der Waals surface area (Å²) in [6, 6.07) is 5.49. The topological polar surface area (TPSA) is 90.6 Å². The molecule has 1 unspecified atom stereocenters. The van der Waals surface area contributed by atoms with E-state index in [2.05, 4.69) is 10.1 Å². The number of nitrogens with one attached hydrogen (secondary N) is 1. The Kier molecular flexibility index (Phi) is 4.11. The van der Waals surface area contributed by atoms with Gasteiger partial charge in [0.05, 0.1) is 0 Å². The van der Waals surface area contributed by atoms with Gasteiger partial charge in [0.25, 0.3) is 0 Å². The summed E-state index contributed by atoms with van der Waals surface area (Å²) in [7, 11) is 0. The third-order valence-electron chi connectivity index (χ3n) is 4.18. The molecule has 1 aromatic rings. The molecule has 3 N–H and O–H groups in total. The quantitative estimate of drug-likeness (QED) is 0.603. The van der Waals surface area contributed by atoms with Gasteiger partial charge in [-0.05, 0) is 43.5 Å². The second-order valence-electron chi connectivity index (χ2n) is 6.47. The molecule has 3 fully saturated rings. The van der Waals surface area contributed by atoms with Crippen LogP contribution in [0.1, 0.15) is 19.3 Å². The third-order valence-corrected chi connectivity index (χ3v) is 4.43. The number of hydrogen-bond acceptors (Lipinski definition) is 5. The Morgan fingerprint density at radius 3 is 2.24 bits per heavy atom. The third kappa shape index (κ3) is 3.67. The summed E-state index contributed by atoms with van der Waals surface area (Å²) >= 11 is 5.71. The number of benzene rings is 1. The molecule has 0 radical (unpaired) electrons. The van der Waals surface area contributed by atoms with E-state index in [1.54, 1.807) is 0 Å². The van der Waals surface area contributed by atoms with Gasteiger partial charge in [-0.25, -0.2) is 4.79 Å². The lowest BCUT2D eigenvalue weighted by molar-refractivity contribution is -0.217. The van der Waals surface area contributed by atoms with Gasteiger partial charge in [-0.2, -0.15) is 13.2 Å². The maximum atomic E-state index is 12.4. The van der Waals surface area contributed by atoms with Crippen LogP contribution in [0.2, 0.25) is 5.02 Å². The fourth-order valence-corrected chi connectivity index (χ4v) is 3.38. The van der Waals surface area contributed by atoms with Crippen molar-refractivity contribution in [1.82, 2.24) is 5.32 Å². The van der Waals surface area contributed by atoms with Crippen molar-refractivity contribution in [3.63, 3.8) is 0 Å². The Bertz CT molecular complexity index is 688. The van der Waals surface area contributed by atoms with Crippen LogP contribution in [0.25, 0.3) is 0 Å². The Morgan fingerprint density at radius 2 is 1.76 bits per heavy atom. The van der Waals surface area contributed by atoms with Crippen molar-refractivity contribution in [3.8, 4) is 5.75 Å². The first-order valence-corrected chi connectivity index (χ1v) is 7.69. The molecular formula is C15H14ClF3N2O4. The number of alkyl halides is 3. The van der Waals surface area contributed by atoms with Gasteiger partial charge in [0.2, 0.25) is 0 Å². The molecule has 3 aliphatic carbocycles. The van der Waals surface area contributed by atoms with Crippen molar-refractivity contribution in [2.75, 3.05) is 0 Å². The molecule has 1 aromatic carbocycles. The summed E-state index contributed by atoms with van der Waals surface area (Å²) in [5, 5.41) is 2.92. The Morgan fingerprint density at radius 1 is 1.20 bits per heavy atom. The SMILES string of the molecule is NC12CC(NC(=O)C(OC(=O)C(F)(F)F)Oc3ccc(Cl)cc3)(C1)C2. The first kappa shape index (κ1) is 17.8. The summed E-state index contributed by atoms with van der Waals surface area (Å²) in [6.45, 7) is 0. The smallest absolute Gasteiger partial charge is 0.446 e. The van der Waals surface area contributed by atoms with Crippen molar-refractivity contribution in [2.24, 2.45) is 5.73 Å². The zero-order valence-corrected chi connectivity index (χ0v) is 13.5. The highest BCUT2D eigenvalue weighted by Crippen LogP contribution is 2.58. The molecule has 3 aliphatic rings. The molecule has 0 saturated heterocycles. The molecular weight excluding hydrogens is 365 g/mol. The Balaban J connectivity index is 1.70. The number of esters is 1. The first-order valence-electron chi connectivity index (χ1n) is 7.31. The normalized spacial score (nSPS) is 28.2. The second kappa shape index (κ2) is 5.77. The van der Waals surface area contributed by atoms with Crippen LogP contribution in [-0.2, 0) is 14.3 Å². The van der Waals surface area contributed by atoms with Gasteiger partial charge < -0.3 is 20.5 Å². The molecule has 6 nitrogen and oxygen atoms in total. The van der Waals surface area contributed by atoms with E-state index in [1.165, 1.54) is 24.3 Å². The van der Waals surface area contributed by atoms with E-state index in [1.807, 2.05) is 0 Å². The van der Waals surface area contributed by atoms with Crippen LogP contribution >= 0.6 is 11.6 Å². The van der Waals surface area contributed by atoms with Crippen LogP contribution < -0.4 is 15.8 Å². The number of nitrogens with two attached hydrogens (primary N) is 1. The van der Waals surface area contributed by atoms with Crippen LogP contribution in [0, 0.1) is 0 Å². The Hall–Kier alpha value is -2.00. The lowest BCUT2D eigenvalue weighted by Crippen LogP contribution is -2.82. The number of amides is 1. The van der Waals surface area contributed by atoms with Crippen LogP contribution in [0.4, 0.5) is 13.2 Å². The largest absolute Gasteiger partial charge is 0.491 e. The zero-order valence-electron chi connectivity index (χ0n) is 12.7. The van der Waals surface area contributed by atoms with Crippen molar-refractivity contribution >= 4 is 23.5 Å². The van der Waals surface area contributed by atoms with Gasteiger partial charge in [-0.3, -0.25) is 4.79 Å². The summed E-state index contributed by atoms with van der Waals surface area (Å²) < 4.78 is 46.6. The minimum atomic E-state index is -5.25. The lowest BCUT2D eigenvalue weighted by Gasteiger charge is -2.68. The van der Waals surface area contributed by atoms with Gasteiger partial charge in [0.15, 0.2) is 0 Å². The minimum absolute atomic E-state index is 0.0208. The molecule has 10 heteroatoms. The van der Waals surface area contributed by atoms with Crippen molar-refractivity contribution in [3.05, 3.63) is 29.3 Å². The molecule has 1 amide bonds. The first-order chi connectivity index (χ1) is 11.5. The Labute approximate surface area is 145 Å². The fourth-order valence-electron chi connectivity index (χ4n) is 3.25. The van der Waals surface area contributed by atoms with Gasteiger partial charge in [-0.1, -0.05) is 11.6 Å². The number of hydrogen-bond donors (Lipinski definition) is 2. The molecule has 25 heavy (non-hydrogen) atoms. The molecule has 1 atom stereocenters. The molecule has 4 rings (SSSR count). The monoisotopic (exact) mass is 378 g/mol. The zero-order chi connectivity index (χ0) is 18.5. The van der Waals surface area contributed by atoms with Gasteiger partial charge in [0, 0.05) is 16.1 Å². The number of carbonyl (C=O) groups excluding carboxylic acids is 2. The van der Waals surface area contributed by atoms with Crippen molar-refractivity contribution in [2.45, 2.75) is 42.8 Å². The van der Waals surface area contributed by atoms with E-state index in [9.17, 15) is 22.8 Å². The van der Waals surface area contributed by atoms with Crippen LogP contribution in [0.3, 0.4) is 0 Å². The van der Waals surface area contributed by atoms with E-state index in [0.717, 1.165) is 0 Å². The fraction of sp³-hybridized carbons (Fsp3) is 0.467. The van der Waals surface area contributed by atoms with Crippen LogP contribution in [-0.4, -0.2) is 35.4 Å². The van der Waals surface area contributed by atoms with Crippen molar-refractivity contribution < 1.29 is 32.2 Å². The van der Waals surface area contributed by atoms with E-state index in [4.69, 9.17) is 22.1 Å². The summed E-state index contributed by atoms with van der Waals surface area (Å²) in [5.41, 5.74) is 5.00. The van der Waals surface area contributed by atoms with Gasteiger partial charge in [0.1, 0.15) is 5.75 Å². The number of carbonyl (C=O) groups is 2.